The van der Waals surface area contributed by atoms with E-state index in [1.807, 2.05) is 45.0 Å². The lowest BCUT2D eigenvalue weighted by atomic mass is 10.1. The summed E-state index contributed by atoms with van der Waals surface area (Å²) in [6.07, 6.45) is 4.31. The van der Waals surface area contributed by atoms with Crippen LogP contribution in [0.4, 0.5) is 5.69 Å². The number of amides is 2. The molecule has 1 saturated carbocycles. The highest BCUT2D eigenvalue weighted by Crippen LogP contribution is 2.32. The third kappa shape index (κ3) is 7.89. The zero-order valence-corrected chi connectivity index (χ0v) is 26.7. The molecule has 230 valence electrons. The molecular formula is C33H40ClN3O5S. The highest BCUT2D eigenvalue weighted by atomic mass is 35.5. The zero-order valence-electron chi connectivity index (χ0n) is 25.2. The Hall–Kier alpha value is -3.56. The Balaban J connectivity index is 1.73. The first-order chi connectivity index (χ1) is 20.5. The predicted octanol–water partition coefficient (Wildman–Crippen LogP) is 6.03. The van der Waals surface area contributed by atoms with Crippen molar-refractivity contribution in [2.75, 3.05) is 18.0 Å². The molecule has 4 rings (SSSR count). The van der Waals surface area contributed by atoms with E-state index in [1.165, 1.54) is 30.2 Å². The van der Waals surface area contributed by atoms with Crippen LogP contribution >= 0.6 is 11.6 Å². The second-order valence-electron chi connectivity index (χ2n) is 11.1. The standard InChI is InChI=1S/C33H40ClN3O5S/c1-5-30(33(39)35-26-8-6-7-9-26)36(21-25-14-10-23(2)11-15-25)32(38)22-37(27-16-19-31(42-4)29(34)20-27)43(40,41)28-17-12-24(3)13-18-28/h10-20,26,30H,5-9,21-22H2,1-4H3,(H,35,39)/t30-/m0/s1. The molecule has 0 spiro atoms. The number of carbonyl (C=O) groups is 2. The topological polar surface area (TPSA) is 96.0 Å². The van der Waals surface area contributed by atoms with Gasteiger partial charge in [-0.2, -0.15) is 0 Å². The van der Waals surface area contributed by atoms with Gasteiger partial charge in [-0.05, 0) is 69.0 Å². The Labute approximate surface area is 260 Å². The van der Waals surface area contributed by atoms with Crippen LogP contribution in [0.5, 0.6) is 5.75 Å². The van der Waals surface area contributed by atoms with Crippen LogP contribution in [0.1, 0.15) is 55.7 Å². The second kappa shape index (κ2) is 14.3. The second-order valence-corrected chi connectivity index (χ2v) is 13.3. The van der Waals surface area contributed by atoms with Crippen molar-refractivity contribution in [3.8, 4) is 5.75 Å². The molecule has 43 heavy (non-hydrogen) atoms. The van der Waals surface area contributed by atoms with Crippen molar-refractivity contribution < 1.29 is 22.7 Å². The summed E-state index contributed by atoms with van der Waals surface area (Å²) in [6.45, 7) is 5.32. The number of carbonyl (C=O) groups excluding carboxylic acids is 2. The van der Waals surface area contributed by atoms with E-state index in [0.717, 1.165) is 46.7 Å². The molecule has 10 heteroatoms. The first-order valence-corrected chi connectivity index (χ1v) is 16.4. The molecule has 0 unspecified atom stereocenters. The molecule has 1 fully saturated rings. The Morgan fingerprint density at radius 3 is 2.14 bits per heavy atom. The summed E-state index contributed by atoms with van der Waals surface area (Å²) in [5.74, 6) is -0.355. The van der Waals surface area contributed by atoms with E-state index >= 15 is 0 Å². The first-order valence-electron chi connectivity index (χ1n) is 14.6. The molecule has 0 heterocycles. The number of rotatable bonds is 12. The minimum Gasteiger partial charge on any atom is -0.495 e. The van der Waals surface area contributed by atoms with Gasteiger partial charge in [-0.15, -0.1) is 0 Å². The maximum absolute atomic E-state index is 14.3. The number of ether oxygens (including phenoxy) is 1. The monoisotopic (exact) mass is 625 g/mol. The molecule has 0 bridgehead atoms. The Morgan fingerprint density at radius 1 is 0.977 bits per heavy atom. The number of nitrogens with zero attached hydrogens (tertiary/aromatic N) is 2. The molecule has 1 N–H and O–H groups in total. The molecule has 0 radical (unpaired) electrons. The van der Waals surface area contributed by atoms with Crippen molar-refractivity contribution in [2.45, 2.75) is 76.4 Å². The lowest BCUT2D eigenvalue weighted by Gasteiger charge is -2.34. The van der Waals surface area contributed by atoms with Crippen LogP contribution in [0.25, 0.3) is 0 Å². The summed E-state index contributed by atoms with van der Waals surface area (Å²) in [5, 5.41) is 3.33. The molecule has 0 saturated heterocycles. The average molecular weight is 626 g/mol. The third-order valence-corrected chi connectivity index (χ3v) is 9.96. The quantitative estimate of drug-likeness (QED) is 0.265. The highest BCUT2D eigenvalue weighted by molar-refractivity contribution is 7.92. The van der Waals surface area contributed by atoms with Gasteiger partial charge in [0.25, 0.3) is 10.0 Å². The Morgan fingerprint density at radius 2 is 1.58 bits per heavy atom. The maximum Gasteiger partial charge on any atom is 0.264 e. The fourth-order valence-corrected chi connectivity index (χ4v) is 7.01. The van der Waals surface area contributed by atoms with E-state index in [1.54, 1.807) is 24.3 Å². The molecule has 0 aliphatic heterocycles. The van der Waals surface area contributed by atoms with E-state index in [-0.39, 0.29) is 34.1 Å². The van der Waals surface area contributed by atoms with Crippen LogP contribution in [0.2, 0.25) is 5.02 Å². The Bertz CT molecular complexity index is 1520. The summed E-state index contributed by atoms with van der Waals surface area (Å²) in [6, 6.07) is 18.1. The third-order valence-electron chi connectivity index (χ3n) is 7.87. The van der Waals surface area contributed by atoms with Gasteiger partial charge in [-0.25, -0.2) is 8.42 Å². The molecule has 1 atom stereocenters. The maximum atomic E-state index is 14.3. The number of hydrogen-bond donors (Lipinski definition) is 1. The van der Waals surface area contributed by atoms with Gasteiger partial charge < -0.3 is 15.0 Å². The smallest absolute Gasteiger partial charge is 0.264 e. The number of nitrogens with one attached hydrogen (secondary N) is 1. The number of methoxy groups -OCH3 is 1. The number of benzene rings is 3. The van der Waals surface area contributed by atoms with Crippen molar-refractivity contribution in [3.05, 3.63) is 88.4 Å². The van der Waals surface area contributed by atoms with Crippen molar-refractivity contribution in [1.82, 2.24) is 10.2 Å². The van der Waals surface area contributed by atoms with Gasteiger partial charge in [0, 0.05) is 12.6 Å². The minimum absolute atomic E-state index is 0.0361. The van der Waals surface area contributed by atoms with E-state index in [4.69, 9.17) is 16.3 Å². The number of halogens is 1. The Kier molecular flexibility index (Phi) is 10.7. The number of anilines is 1. The molecule has 3 aromatic rings. The molecule has 1 aliphatic carbocycles. The SMILES string of the molecule is CC[C@@H](C(=O)NC1CCCC1)N(Cc1ccc(C)cc1)C(=O)CN(c1ccc(OC)c(Cl)c1)S(=O)(=O)c1ccc(C)cc1. The van der Waals surface area contributed by atoms with Gasteiger partial charge in [-0.1, -0.05) is 78.9 Å². The summed E-state index contributed by atoms with van der Waals surface area (Å²) in [7, 11) is -2.73. The van der Waals surface area contributed by atoms with Crippen molar-refractivity contribution in [1.29, 1.82) is 0 Å². The van der Waals surface area contributed by atoms with Crippen LogP contribution in [-0.4, -0.2) is 50.9 Å². The normalized spacial score (nSPS) is 14.3. The number of sulfonamides is 1. The van der Waals surface area contributed by atoms with Gasteiger partial charge >= 0.3 is 0 Å². The van der Waals surface area contributed by atoms with Crippen LogP contribution < -0.4 is 14.4 Å². The van der Waals surface area contributed by atoms with Gasteiger partial charge in [0.1, 0.15) is 18.3 Å². The molecular weight excluding hydrogens is 586 g/mol. The van der Waals surface area contributed by atoms with Crippen LogP contribution in [0, 0.1) is 13.8 Å². The summed E-state index contributed by atoms with van der Waals surface area (Å²) in [4.78, 5) is 29.4. The van der Waals surface area contributed by atoms with Gasteiger partial charge in [0.2, 0.25) is 11.8 Å². The summed E-state index contributed by atoms with van der Waals surface area (Å²) in [5.41, 5.74) is 3.02. The van der Waals surface area contributed by atoms with Crippen LogP contribution in [-0.2, 0) is 26.2 Å². The van der Waals surface area contributed by atoms with E-state index < -0.39 is 28.5 Å². The summed E-state index contributed by atoms with van der Waals surface area (Å²) >= 11 is 6.41. The zero-order chi connectivity index (χ0) is 31.1. The number of aryl methyl sites for hydroxylation is 2. The largest absolute Gasteiger partial charge is 0.495 e. The molecule has 1 aliphatic rings. The molecule has 2 amide bonds. The fraction of sp³-hybridized carbons (Fsp3) is 0.394. The minimum atomic E-state index is -4.20. The van der Waals surface area contributed by atoms with E-state index in [9.17, 15) is 18.0 Å². The fourth-order valence-electron chi connectivity index (χ4n) is 5.35. The highest BCUT2D eigenvalue weighted by Gasteiger charge is 2.34. The van der Waals surface area contributed by atoms with Crippen molar-refractivity contribution >= 4 is 39.1 Å². The van der Waals surface area contributed by atoms with Gasteiger partial charge in [0.05, 0.1) is 22.7 Å². The average Bonchev–Trinajstić information content (AvgIpc) is 3.50. The van der Waals surface area contributed by atoms with E-state index in [2.05, 4.69) is 5.32 Å². The summed E-state index contributed by atoms with van der Waals surface area (Å²) < 4.78 is 34.5. The first kappa shape index (κ1) is 32.4. The predicted molar refractivity (Wildman–Crippen MR) is 170 cm³/mol. The van der Waals surface area contributed by atoms with Gasteiger partial charge in [-0.3, -0.25) is 13.9 Å². The van der Waals surface area contributed by atoms with Crippen LogP contribution in [0.15, 0.2) is 71.6 Å². The lowest BCUT2D eigenvalue weighted by Crippen LogP contribution is -2.53. The van der Waals surface area contributed by atoms with Crippen molar-refractivity contribution in [3.63, 3.8) is 0 Å². The van der Waals surface area contributed by atoms with E-state index in [0.29, 0.717) is 12.2 Å². The van der Waals surface area contributed by atoms with Crippen molar-refractivity contribution in [2.24, 2.45) is 0 Å². The molecule has 3 aromatic carbocycles. The van der Waals surface area contributed by atoms with Crippen LogP contribution in [0.3, 0.4) is 0 Å². The molecule has 0 aromatic heterocycles. The molecule has 8 nitrogen and oxygen atoms in total. The van der Waals surface area contributed by atoms with Gasteiger partial charge in [0.15, 0.2) is 0 Å². The number of hydrogen-bond acceptors (Lipinski definition) is 5. The lowest BCUT2D eigenvalue weighted by molar-refractivity contribution is -0.140.